The summed E-state index contributed by atoms with van der Waals surface area (Å²) in [6.45, 7) is 2.23. The number of aromatic nitrogens is 4. The number of ether oxygens (including phenoxy) is 1. The summed E-state index contributed by atoms with van der Waals surface area (Å²) in [5.74, 6) is -0.00202. The maximum absolute atomic E-state index is 13.5. The SMILES string of the molecule is Nc1cc(C(F)(F)F)c(-c2nc(N3CCCOCC3)c3ocnc3n2)cn1. The van der Waals surface area contributed by atoms with Gasteiger partial charge in [-0.2, -0.15) is 18.2 Å². The number of rotatable bonds is 2. The molecule has 1 aliphatic heterocycles. The lowest BCUT2D eigenvalue weighted by Gasteiger charge is -2.21. The number of pyridine rings is 1. The zero-order valence-corrected chi connectivity index (χ0v) is 14.0. The standard InChI is InChI=1S/C16H15F3N6O2/c17-16(18,19)10-6-11(20)21-7-9(10)13-23-14-12(27-8-22-14)15(24-13)25-2-1-4-26-5-3-25/h6-8H,1-5H2,(H2,20,21). The van der Waals surface area contributed by atoms with Gasteiger partial charge in [0.1, 0.15) is 5.82 Å². The zero-order valence-electron chi connectivity index (χ0n) is 14.0. The van der Waals surface area contributed by atoms with Crippen molar-refractivity contribution in [2.75, 3.05) is 36.9 Å². The maximum atomic E-state index is 13.5. The fourth-order valence-corrected chi connectivity index (χ4v) is 2.93. The van der Waals surface area contributed by atoms with E-state index in [2.05, 4.69) is 19.9 Å². The minimum absolute atomic E-state index is 0.142. The largest absolute Gasteiger partial charge is 0.438 e. The Hall–Kier alpha value is -2.95. The van der Waals surface area contributed by atoms with Crippen LogP contribution < -0.4 is 10.6 Å². The molecule has 0 aromatic carbocycles. The molecule has 0 amide bonds. The first kappa shape index (κ1) is 17.5. The fourth-order valence-electron chi connectivity index (χ4n) is 2.93. The van der Waals surface area contributed by atoms with Crippen molar-refractivity contribution in [3.8, 4) is 11.4 Å². The molecule has 0 aliphatic carbocycles. The normalized spacial score (nSPS) is 15.9. The van der Waals surface area contributed by atoms with E-state index in [0.29, 0.717) is 37.7 Å². The van der Waals surface area contributed by atoms with Gasteiger partial charge in [0.2, 0.25) is 11.2 Å². The Balaban J connectivity index is 1.89. The Morgan fingerprint density at radius 2 is 1.96 bits per heavy atom. The van der Waals surface area contributed by atoms with E-state index in [0.717, 1.165) is 18.7 Å². The number of nitrogens with zero attached hydrogens (tertiary/aromatic N) is 5. The van der Waals surface area contributed by atoms with Crippen LogP contribution in [-0.4, -0.2) is 46.2 Å². The third-order valence-corrected chi connectivity index (χ3v) is 4.17. The molecule has 11 heteroatoms. The number of fused-ring (bicyclic) bond motifs is 1. The average Bonchev–Trinajstić information content (AvgIpc) is 2.93. The van der Waals surface area contributed by atoms with E-state index in [1.54, 1.807) is 0 Å². The first-order valence-corrected chi connectivity index (χ1v) is 8.20. The molecule has 27 heavy (non-hydrogen) atoms. The highest BCUT2D eigenvalue weighted by molar-refractivity contribution is 5.83. The number of hydrogen-bond donors (Lipinski definition) is 1. The molecule has 1 aliphatic rings. The van der Waals surface area contributed by atoms with E-state index in [9.17, 15) is 13.2 Å². The van der Waals surface area contributed by atoms with Crippen LogP contribution in [0.2, 0.25) is 0 Å². The van der Waals surface area contributed by atoms with E-state index < -0.39 is 11.7 Å². The summed E-state index contributed by atoms with van der Waals surface area (Å²) in [6, 6.07) is 0.769. The van der Waals surface area contributed by atoms with Gasteiger partial charge in [0.05, 0.1) is 17.7 Å². The van der Waals surface area contributed by atoms with Gasteiger partial charge in [-0.25, -0.2) is 15.0 Å². The number of halogens is 3. The number of hydrogen-bond acceptors (Lipinski definition) is 8. The molecule has 0 atom stereocenters. The Labute approximate surface area is 151 Å². The van der Waals surface area contributed by atoms with Gasteiger partial charge < -0.3 is 19.8 Å². The molecule has 1 fully saturated rings. The molecule has 2 N–H and O–H groups in total. The van der Waals surface area contributed by atoms with Crippen LogP contribution in [0.15, 0.2) is 23.1 Å². The van der Waals surface area contributed by atoms with E-state index in [1.807, 2.05) is 4.90 Å². The molecule has 8 nitrogen and oxygen atoms in total. The van der Waals surface area contributed by atoms with Gasteiger partial charge in [0, 0.05) is 25.9 Å². The summed E-state index contributed by atoms with van der Waals surface area (Å²) in [4.78, 5) is 18.1. The van der Waals surface area contributed by atoms with E-state index in [1.165, 1.54) is 6.39 Å². The van der Waals surface area contributed by atoms with Crippen LogP contribution in [0.4, 0.5) is 24.8 Å². The molecule has 0 unspecified atom stereocenters. The topological polar surface area (TPSA) is 103 Å². The van der Waals surface area contributed by atoms with Crippen molar-refractivity contribution in [3.05, 3.63) is 24.2 Å². The van der Waals surface area contributed by atoms with Gasteiger partial charge in [-0.1, -0.05) is 0 Å². The summed E-state index contributed by atoms with van der Waals surface area (Å²) in [7, 11) is 0. The van der Waals surface area contributed by atoms with Crippen LogP contribution >= 0.6 is 0 Å². The molecule has 0 radical (unpaired) electrons. The predicted octanol–water partition coefficient (Wildman–Crippen LogP) is 2.51. The molecule has 1 saturated heterocycles. The molecule has 142 valence electrons. The van der Waals surface area contributed by atoms with Gasteiger partial charge in [0.25, 0.3) is 0 Å². The Morgan fingerprint density at radius 3 is 2.78 bits per heavy atom. The van der Waals surface area contributed by atoms with Crippen LogP contribution in [0.5, 0.6) is 0 Å². The molecule has 3 aromatic heterocycles. The number of oxazole rings is 1. The average molecular weight is 380 g/mol. The van der Waals surface area contributed by atoms with Crippen LogP contribution in [0, 0.1) is 0 Å². The number of alkyl halides is 3. The summed E-state index contributed by atoms with van der Waals surface area (Å²) in [5.41, 5.74) is 4.70. The summed E-state index contributed by atoms with van der Waals surface area (Å²) in [6.07, 6.45) is -1.67. The van der Waals surface area contributed by atoms with Crippen LogP contribution in [0.1, 0.15) is 12.0 Å². The van der Waals surface area contributed by atoms with Crippen molar-refractivity contribution in [2.45, 2.75) is 12.6 Å². The van der Waals surface area contributed by atoms with Gasteiger partial charge >= 0.3 is 6.18 Å². The molecule has 0 saturated carbocycles. The van der Waals surface area contributed by atoms with Crippen molar-refractivity contribution < 1.29 is 22.3 Å². The van der Waals surface area contributed by atoms with E-state index in [4.69, 9.17) is 14.9 Å². The van der Waals surface area contributed by atoms with Crippen LogP contribution in [0.25, 0.3) is 22.6 Å². The van der Waals surface area contributed by atoms with Crippen molar-refractivity contribution >= 4 is 22.9 Å². The summed E-state index contributed by atoms with van der Waals surface area (Å²) in [5, 5.41) is 0. The maximum Gasteiger partial charge on any atom is 0.417 e. The molecule has 4 rings (SSSR count). The van der Waals surface area contributed by atoms with Gasteiger partial charge in [-0.3, -0.25) is 0 Å². The minimum atomic E-state index is -4.63. The third kappa shape index (κ3) is 3.37. The third-order valence-electron chi connectivity index (χ3n) is 4.17. The Morgan fingerprint density at radius 1 is 1.11 bits per heavy atom. The lowest BCUT2D eigenvalue weighted by atomic mass is 10.1. The van der Waals surface area contributed by atoms with E-state index >= 15 is 0 Å². The Bertz CT molecular complexity index is 966. The highest BCUT2D eigenvalue weighted by Crippen LogP contribution is 2.37. The van der Waals surface area contributed by atoms with Gasteiger partial charge in [0.15, 0.2) is 18.0 Å². The molecule has 0 spiro atoms. The second-order valence-corrected chi connectivity index (χ2v) is 5.98. The fraction of sp³-hybridized carbons (Fsp3) is 0.375. The van der Waals surface area contributed by atoms with Crippen molar-refractivity contribution in [2.24, 2.45) is 0 Å². The second kappa shape index (κ2) is 6.65. The number of nitrogen functional groups attached to an aromatic ring is 1. The minimum Gasteiger partial charge on any atom is -0.438 e. The number of nitrogens with two attached hydrogens (primary N) is 1. The quantitative estimate of drug-likeness (QED) is 0.723. The smallest absolute Gasteiger partial charge is 0.417 e. The molecular weight excluding hydrogens is 365 g/mol. The Kier molecular flexibility index (Phi) is 4.30. The van der Waals surface area contributed by atoms with Gasteiger partial charge in [-0.15, -0.1) is 0 Å². The van der Waals surface area contributed by atoms with Gasteiger partial charge in [-0.05, 0) is 12.5 Å². The molecule has 4 heterocycles. The first-order valence-electron chi connectivity index (χ1n) is 8.20. The van der Waals surface area contributed by atoms with Crippen molar-refractivity contribution in [1.29, 1.82) is 0 Å². The molecular formula is C16H15F3N6O2. The van der Waals surface area contributed by atoms with Crippen LogP contribution in [-0.2, 0) is 10.9 Å². The highest BCUT2D eigenvalue weighted by atomic mass is 19.4. The van der Waals surface area contributed by atoms with E-state index in [-0.39, 0.29) is 22.9 Å². The first-order chi connectivity index (χ1) is 12.9. The monoisotopic (exact) mass is 380 g/mol. The predicted molar refractivity (Wildman–Crippen MR) is 89.9 cm³/mol. The summed E-state index contributed by atoms with van der Waals surface area (Å²) >= 11 is 0. The van der Waals surface area contributed by atoms with Crippen molar-refractivity contribution in [1.82, 2.24) is 19.9 Å². The molecule has 3 aromatic rings. The van der Waals surface area contributed by atoms with Crippen molar-refractivity contribution in [3.63, 3.8) is 0 Å². The summed E-state index contributed by atoms with van der Waals surface area (Å²) < 4.78 is 51.2. The lowest BCUT2D eigenvalue weighted by Crippen LogP contribution is -2.27. The zero-order chi connectivity index (χ0) is 19.0. The number of anilines is 2. The second-order valence-electron chi connectivity index (χ2n) is 5.98. The highest BCUT2D eigenvalue weighted by Gasteiger charge is 2.35. The van der Waals surface area contributed by atoms with Crippen LogP contribution in [0.3, 0.4) is 0 Å². The molecule has 0 bridgehead atoms. The lowest BCUT2D eigenvalue weighted by molar-refractivity contribution is -0.137.